The van der Waals surface area contributed by atoms with Crippen LogP contribution in [-0.2, 0) is 14.9 Å². The van der Waals surface area contributed by atoms with E-state index in [9.17, 15) is 4.79 Å². The highest BCUT2D eigenvalue weighted by molar-refractivity contribution is 7.13. The van der Waals surface area contributed by atoms with Crippen molar-refractivity contribution in [3.63, 3.8) is 0 Å². The van der Waals surface area contributed by atoms with Gasteiger partial charge < -0.3 is 15.4 Å². The minimum absolute atomic E-state index is 0.0101. The highest BCUT2D eigenvalue weighted by atomic mass is 32.1. The van der Waals surface area contributed by atoms with Crippen molar-refractivity contribution in [1.82, 2.24) is 10.3 Å². The highest BCUT2D eigenvalue weighted by Crippen LogP contribution is 2.26. The maximum atomic E-state index is 11.6. The van der Waals surface area contributed by atoms with Gasteiger partial charge in [-0.05, 0) is 0 Å². The van der Waals surface area contributed by atoms with E-state index in [2.05, 4.69) is 36.4 Å². The van der Waals surface area contributed by atoms with Crippen LogP contribution in [0, 0.1) is 0 Å². The molecule has 1 amide bonds. The van der Waals surface area contributed by atoms with Gasteiger partial charge in [0.25, 0.3) is 0 Å². The van der Waals surface area contributed by atoms with Crippen LogP contribution in [-0.4, -0.2) is 37.7 Å². The zero-order valence-electron chi connectivity index (χ0n) is 11.4. The van der Waals surface area contributed by atoms with Gasteiger partial charge in [0, 0.05) is 24.4 Å². The van der Waals surface area contributed by atoms with Crippen molar-refractivity contribution in [2.75, 3.05) is 32.1 Å². The Morgan fingerprint density at radius 3 is 2.78 bits per heavy atom. The molecule has 1 rings (SSSR count). The maximum absolute atomic E-state index is 11.6. The molecule has 0 aromatic carbocycles. The number of ether oxygens (including phenoxy) is 1. The fraction of sp³-hybridized carbons (Fsp3) is 0.667. The van der Waals surface area contributed by atoms with Gasteiger partial charge in [0.05, 0.1) is 18.8 Å². The molecule has 0 radical (unpaired) electrons. The summed E-state index contributed by atoms with van der Waals surface area (Å²) < 4.78 is 4.88. The summed E-state index contributed by atoms with van der Waals surface area (Å²) in [5.41, 5.74) is 1.01. The summed E-state index contributed by atoms with van der Waals surface area (Å²) in [5.74, 6) is -0.0825. The lowest BCUT2D eigenvalue weighted by Gasteiger charge is -2.14. The smallest absolute Gasteiger partial charge is 0.240 e. The quantitative estimate of drug-likeness (QED) is 0.772. The monoisotopic (exact) mass is 271 g/mol. The minimum atomic E-state index is -0.0825. The number of nitrogens with zero attached hydrogens (tertiary/aromatic N) is 1. The number of methoxy groups -OCH3 is 1. The standard InChI is InChI=1S/C12H21N3O2S/c1-12(2,3)9-8-18-11(14-9)15-10(16)7-13-5-6-17-4/h8,13H,5-7H2,1-4H3,(H,14,15,16). The van der Waals surface area contributed by atoms with Crippen LogP contribution in [0.1, 0.15) is 26.5 Å². The Morgan fingerprint density at radius 1 is 1.50 bits per heavy atom. The average Bonchev–Trinajstić information content (AvgIpc) is 2.72. The fourth-order valence-electron chi connectivity index (χ4n) is 1.22. The number of anilines is 1. The molecule has 6 heteroatoms. The number of hydrogen-bond acceptors (Lipinski definition) is 5. The first-order valence-electron chi connectivity index (χ1n) is 5.89. The molecule has 18 heavy (non-hydrogen) atoms. The van der Waals surface area contributed by atoms with E-state index in [0.717, 1.165) is 5.69 Å². The topological polar surface area (TPSA) is 63.2 Å². The molecule has 0 unspecified atom stereocenters. The first-order chi connectivity index (χ1) is 8.43. The van der Waals surface area contributed by atoms with Crippen molar-refractivity contribution in [1.29, 1.82) is 0 Å². The van der Waals surface area contributed by atoms with E-state index in [1.165, 1.54) is 11.3 Å². The van der Waals surface area contributed by atoms with Crippen LogP contribution in [0.25, 0.3) is 0 Å². The largest absolute Gasteiger partial charge is 0.383 e. The van der Waals surface area contributed by atoms with E-state index in [1.807, 2.05) is 5.38 Å². The first kappa shape index (κ1) is 15.1. The molecule has 1 heterocycles. The van der Waals surface area contributed by atoms with Gasteiger partial charge in [-0.2, -0.15) is 0 Å². The van der Waals surface area contributed by atoms with Crippen LogP contribution in [0.15, 0.2) is 5.38 Å². The molecular formula is C12H21N3O2S. The first-order valence-corrected chi connectivity index (χ1v) is 6.77. The van der Waals surface area contributed by atoms with Crippen molar-refractivity contribution in [2.24, 2.45) is 0 Å². The Morgan fingerprint density at radius 2 is 2.22 bits per heavy atom. The van der Waals surface area contributed by atoms with Crippen LogP contribution in [0.5, 0.6) is 0 Å². The third-order valence-electron chi connectivity index (χ3n) is 2.29. The number of hydrogen-bond donors (Lipinski definition) is 2. The Bertz CT molecular complexity index is 385. The number of amides is 1. The van der Waals surface area contributed by atoms with Gasteiger partial charge in [0.2, 0.25) is 5.91 Å². The van der Waals surface area contributed by atoms with E-state index < -0.39 is 0 Å². The number of rotatable bonds is 6. The molecule has 102 valence electrons. The van der Waals surface area contributed by atoms with Crippen LogP contribution >= 0.6 is 11.3 Å². The van der Waals surface area contributed by atoms with E-state index >= 15 is 0 Å². The number of carbonyl (C=O) groups is 1. The van der Waals surface area contributed by atoms with Gasteiger partial charge in [-0.1, -0.05) is 20.8 Å². The summed E-state index contributed by atoms with van der Waals surface area (Å²) in [6.45, 7) is 7.82. The third kappa shape index (κ3) is 5.12. The highest BCUT2D eigenvalue weighted by Gasteiger charge is 2.17. The summed E-state index contributed by atoms with van der Waals surface area (Å²) >= 11 is 1.45. The lowest BCUT2D eigenvalue weighted by molar-refractivity contribution is -0.115. The molecule has 0 aliphatic heterocycles. The maximum Gasteiger partial charge on any atom is 0.240 e. The predicted octanol–water partition coefficient (Wildman–Crippen LogP) is 1.62. The lowest BCUT2D eigenvalue weighted by Crippen LogP contribution is -2.30. The summed E-state index contributed by atoms with van der Waals surface area (Å²) in [6, 6.07) is 0. The Labute approximate surface area is 112 Å². The Kier molecular flexibility index (Phi) is 5.71. The SMILES string of the molecule is COCCNCC(=O)Nc1nc(C(C)(C)C)cs1. The molecule has 0 saturated heterocycles. The summed E-state index contributed by atoms with van der Waals surface area (Å²) in [5, 5.41) is 8.39. The number of aromatic nitrogens is 1. The third-order valence-corrected chi connectivity index (χ3v) is 3.05. The second-order valence-electron chi connectivity index (χ2n) is 5.01. The lowest BCUT2D eigenvalue weighted by atomic mass is 9.93. The number of carbonyl (C=O) groups excluding carboxylic acids is 1. The van der Waals surface area contributed by atoms with Crippen LogP contribution in [0.4, 0.5) is 5.13 Å². The van der Waals surface area contributed by atoms with Gasteiger partial charge in [0.15, 0.2) is 5.13 Å². The molecule has 1 aromatic rings. The molecule has 2 N–H and O–H groups in total. The second kappa shape index (κ2) is 6.82. The molecule has 0 fully saturated rings. The van der Waals surface area contributed by atoms with Crippen LogP contribution in [0.3, 0.4) is 0 Å². The van der Waals surface area contributed by atoms with Crippen molar-refractivity contribution in [3.8, 4) is 0 Å². The Hall–Kier alpha value is -0.980. The van der Waals surface area contributed by atoms with E-state index in [1.54, 1.807) is 7.11 Å². The molecule has 0 aliphatic carbocycles. The van der Waals surface area contributed by atoms with Gasteiger partial charge in [-0.25, -0.2) is 4.98 Å². The van der Waals surface area contributed by atoms with Crippen molar-refractivity contribution in [3.05, 3.63) is 11.1 Å². The van der Waals surface area contributed by atoms with Gasteiger partial charge in [0.1, 0.15) is 0 Å². The van der Waals surface area contributed by atoms with Crippen molar-refractivity contribution < 1.29 is 9.53 Å². The van der Waals surface area contributed by atoms with E-state index in [4.69, 9.17) is 4.74 Å². The molecule has 0 saturated carbocycles. The van der Waals surface area contributed by atoms with Crippen LogP contribution < -0.4 is 10.6 Å². The van der Waals surface area contributed by atoms with Crippen molar-refractivity contribution >= 4 is 22.4 Å². The van der Waals surface area contributed by atoms with Gasteiger partial charge in [-0.15, -0.1) is 11.3 Å². The molecule has 5 nitrogen and oxygen atoms in total. The van der Waals surface area contributed by atoms with Crippen LogP contribution in [0.2, 0.25) is 0 Å². The second-order valence-corrected chi connectivity index (χ2v) is 5.86. The van der Waals surface area contributed by atoms with Crippen molar-refractivity contribution in [2.45, 2.75) is 26.2 Å². The van der Waals surface area contributed by atoms with E-state index in [0.29, 0.717) is 18.3 Å². The zero-order valence-corrected chi connectivity index (χ0v) is 12.2. The molecular weight excluding hydrogens is 250 g/mol. The zero-order chi connectivity index (χ0) is 13.6. The molecule has 0 aliphatic rings. The number of thiazole rings is 1. The molecule has 0 bridgehead atoms. The summed E-state index contributed by atoms with van der Waals surface area (Å²) in [4.78, 5) is 16.0. The summed E-state index contributed by atoms with van der Waals surface area (Å²) in [7, 11) is 1.63. The molecule has 0 atom stereocenters. The fourth-order valence-corrected chi connectivity index (χ4v) is 2.17. The Balaban J connectivity index is 2.38. The average molecular weight is 271 g/mol. The van der Waals surface area contributed by atoms with E-state index in [-0.39, 0.29) is 17.9 Å². The summed E-state index contributed by atoms with van der Waals surface area (Å²) in [6.07, 6.45) is 0. The van der Waals surface area contributed by atoms with Gasteiger partial charge in [-0.3, -0.25) is 4.79 Å². The predicted molar refractivity (Wildman–Crippen MR) is 74.2 cm³/mol. The normalized spacial score (nSPS) is 11.6. The number of nitrogens with one attached hydrogen (secondary N) is 2. The molecule has 0 spiro atoms. The molecule has 1 aromatic heterocycles. The minimum Gasteiger partial charge on any atom is -0.383 e. The van der Waals surface area contributed by atoms with Gasteiger partial charge >= 0.3 is 0 Å².